The Morgan fingerprint density at radius 3 is 1.60 bits per heavy atom. The highest BCUT2D eigenvalue weighted by atomic mass is 28.4. The molecule has 8 heteroatoms. The van der Waals surface area contributed by atoms with Crippen molar-refractivity contribution < 1.29 is 8.85 Å². The lowest BCUT2D eigenvalue weighted by Crippen LogP contribution is -2.61. The van der Waals surface area contributed by atoms with E-state index in [-0.39, 0.29) is 9.52 Å². The van der Waals surface area contributed by atoms with Gasteiger partial charge in [-0.05, 0) is 26.7 Å². The summed E-state index contributed by atoms with van der Waals surface area (Å²) in [5.74, 6) is 0.804. The minimum absolute atomic E-state index is 0.0798. The van der Waals surface area contributed by atoms with E-state index in [1.165, 1.54) is 96.9 Å². The number of unbranched alkanes of at least 4 members (excludes halogenated alkanes) is 5. The zero-order valence-electron chi connectivity index (χ0n) is 20.7. The molecule has 0 radical (unpaired) electrons. The third kappa shape index (κ3) is 9.36. The van der Waals surface area contributed by atoms with Gasteiger partial charge < -0.3 is 18.7 Å². The van der Waals surface area contributed by atoms with E-state index in [1.54, 1.807) is 14.2 Å². The molecule has 0 aromatic heterocycles. The Kier molecular flexibility index (Phi) is 12.7. The van der Waals surface area contributed by atoms with Gasteiger partial charge in [-0.2, -0.15) is 0 Å². The third-order valence-electron chi connectivity index (χ3n) is 7.38. The van der Waals surface area contributed by atoms with Gasteiger partial charge in [0.05, 0.1) is 9.52 Å². The van der Waals surface area contributed by atoms with Crippen molar-refractivity contribution in [3.63, 3.8) is 0 Å². The van der Waals surface area contributed by atoms with E-state index in [1.807, 2.05) is 0 Å². The van der Waals surface area contributed by atoms with Crippen LogP contribution in [-0.4, -0.2) is 124 Å². The third-order valence-corrected chi connectivity index (χ3v) is 12.8. The molecule has 0 aromatic rings. The van der Waals surface area contributed by atoms with Crippen LogP contribution in [0.25, 0.3) is 0 Å². The highest BCUT2D eigenvalue weighted by molar-refractivity contribution is 6.65. The number of likely N-dealkylation sites (N-methyl/N-ethyl adjacent to an activating group) is 2. The Hall–Kier alpha value is 0.194. The molecule has 6 nitrogen and oxygen atoms in total. The van der Waals surface area contributed by atoms with Crippen molar-refractivity contribution in [3.05, 3.63) is 0 Å². The molecule has 178 valence electrons. The maximum Gasteiger partial charge on any atom is 0.334 e. The summed E-state index contributed by atoms with van der Waals surface area (Å²) in [7, 11) is 6.22. The number of hydrogen-bond acceptors (Lipinski definition) is 6. The second kappa shape index (κ2) is 14.4. The summed E-state index contributed by atoms with van der Waals surface area (Å²) in [4.78, 5) is 10.7. The van der Waals surface area contributed by atoms with Gasteiger partial charge in [0.25, 0.3) is 0 Å². The predicted molar refractivity (Wildman–Crippen MR) is 133 cm³/mol. The minimum Gasteiger partial charge on any atom is -0.398 e. The van der Waals surface area contributed by atoms with Crippen LogP contribution < -0.4 is 0 Å². The van der Waals surface area contributed by atoms with Crippen molar-refractivity contribution in [2.24, 2.45) is 0 Å². The molecule has 0 atom stereocenters. The molecule has 0 saturated carbocycles. The maximum atomic E-state index is 5.59. The molecule has 0 bridgehead atoms. The average molecular weight is 459 g/mol. The summed E-state index contributed by atoms with van der Waals surface area (Å²) >= 11 is 0. The summed E-state index contributed by atoms with van der Waals surface area (Å²) < 4.78 is 11.2. The molecular weight excluding hydrogens is 408 g/mol. The molecule has 2 aliphatic heterocycles. The van der Waals surface area contributed by atoms with Gasteiger partial charge in [0, 0.05) is 72.4 Å². The van der Waals surface area contributed by atoms with Crippen LogP contribution in [0.3, 0.4) is 0 Å². The first kappa shape index (κ1) is 26.4. The second-order valence-corrected chi connectivity index (χ2v) is 15.3. The Bertz CT molecular complexity index is 419. The van der Waals surface area contributed by atoms with E-state index >= 15 is 0 Å². The fourth-order valence-corrected chi connectivity index (χ4v) is 8.72. The summed E-state index contributed by atoms with van der Waals surface area (Å²) in [6.45, 7) is 12.2. The highest BCUT2D eigenvalue weighted by Crippen LogP contribution is 2.18. The summed E-state index contributed by atoms with van der Waals surface area (Å²) in [6.07, 6.45) is 8.24. The van der Waals surface area contributed by atoms with Crippen molar-refractivity contribution in [2.75, 3.05) is 80.7 Å². The van der Waals surface area contributed by atoms with Crippen LogP contribution in [0.4, 0.5) is 0 Å². The Labute approximate surface area is 190 Å². The van der Waals surface area contributed by atoms with Crippen LogP contribution in [0, 0.1) is 0 Å². The van der Waals surface area contributed by atoms with Crippen LogP contribution >= 0.6 is 0 Å². The van der Waals surface area contributed by atoms with E-state index in [9.17, 15) is 0 Å². The number of piperazine rings is 2. The van der Waals surface area contributed by atoms with Crippen molar-refractivity contribution in [1.29, 1.82) is 0 Å². The smallest absolute Gasteiger partial charge is 0.334 e. The standard InChI is InChI=1S/C22H50N4O2Si2/c1-23-12-16-25(17-13-23)22(26-18-14-24(2)15-19-26)29-20-10-8-6-7-9-11-21-30(5,27-3)28-4/h22H,6-21,29H2,1-5H3. The normalized spacial score (nSPS) is 21.4. The molecular formula is C22H50N4O2Si2. The van der Waals surface area contributed by atoms with Gasteiger partial charge >= 0.3 is 8.56 Å². The maximum absolute atomic E-state index is 5.59. The Morgan fingerprint density at radius 2 is 1.13 bits per heavy atom. The molecule has 2 heterocycles. The van der Waals surface area contributed by atoms with Gasteiger partial charge in [-0.3, -0.25) is 9.80 Å². The van der Waals surface area contributed by atoms with E-state index in [4.69, 9.17) is 8.85 Å². The van der Waals surface area contributed by atoms with Crippen molar-refractivity contribution in [3.8, 4) is 0 Å². The van der Waals surface area contributed by atoms with Crippen molar-refractivity contribution >= 4 is 18.1 Å². The van der Waals surface area contributed by atoms with Crippen LogP contribution in [-0.2, 0) is 8.85 Å². The highest BCUT2D eigenvalue weighted by Gasteiger charge is 2.29. The average Bonchev–Trinajstić information content (AvgIpc) is 2.76. The monoisotopic (exact) mass is 458 g/mol. The first-order chi connectivity index (χ1) is 14.5. The van der Waals surface area contributed by atoms with E-state index < -0.39 is 8.56 Å². The molecule has 0 spiro atoms. The lowest BCUT2D eigenvalue weighted by atomic mass is 10.1. The van der Waals surface area contributed by atoms with E-state index in [0.717, 1.165) is 11.8 Å². The molecule has 0 unspecified atom stereocenters. The fraction of sp³-hybridized carbons (Fsp3) is 1.00. The van der Waals surface area contributed by atoms with Crippen LogP contribution in [0.5, 0.6) is 0 Å². The Morgan fingerprint density at radius 1 is 0.700 bits per heavy atom. The fourth-order valence-electron chi connectivity index (χ4n) is 4.78. The predicted octanol–water partition coefficient (Wildman–Crippen LogP) is 2.06. The molecule has 0 N–H and O–H groups in total. The molecule has 2 fully saturated rings. The number of rotatable bonds is 14. The molecule has 2 rings (SSSR count). The molecule has 0 amide bonds. The minimum atomic E-state index is -1.84. The lowest BCUT2D eigenvalue weighted by Gasteiger charge is -2.46. The van der Waals surface area contributed by atoms with Crippen LogP contribution in [0.15, 0.2) is 0 Å². The first-order valence-corrected chi connectivity index (χ1v) is 16.8. The summed E-state index contributed by atoms with van der Waals surface area (Å²) in [5.41, 5.74) is 0. The molecule has 0 aromatic carbocycles. The van der Waals surface area contributed by atoms with Crippen molar-refractivity contribution in [2.45, 2.75) is 62.9 Å². The first-order valence-electron chi connectivity index (χ1n) is 12.4. The van der Waals surface area contributed by atoms with Crippen molar-refractivity contribution in [1.82, 2.24) is 19.6 Å². The topological polar surface area (TPSA) is 31.4 Å². The van der Waals surface area contributed by atoms with Gasteiger partial charge in [0.2, 0.25) is 0 Å². The van der Waals surface area contributed by atoms with Crippen LogP contribution in [0.1, 0.15) is 38.5 Å². The summed E-state index contributed by atoms with van der Waals surface area (Å²) in [6, 6.07) is 2.65. The van der Waals surface area contributed by atoms with E-state index in [0.29, 0.717) is 0 Å². The van der Waals surface area contributed by atoms with E-state index in [2.05, 4.69) is 40.2 Å². The Balaban J connectivity index is 1.62. The molecule has 0 aliphatic carbocycles. The largest absolute Gasteiger partial charge is 0.398 e. The zero-order valence-corrected chi connectivity index (χ0v) is 23.1. The zero-order chi connectivity index (χ0) is 21.8. The SMILES string of the molecule is CO[Si](C)(CCCCCCCC[SiH2]C(N1CCN(C)CC1)N1CCN(C)CC1)OC. The second-order valence-electron chi connectivity index (χ2n) is 9.71. The number of nitrogens with zero attached hydrogens (tertiary/aromatic N) is 4. The van der Waals surface area contributed by atoms with Gasteiger partial charge in [-0.1, -0.05) is 44.6 Å². The number of hydrogen-bond donors (Lipinski definition) is 0. The molecule has 2 aliphatic rings. The van der Waals surface area contributed by atoms with Gasteiger partial charge in [0.15, 0.2) is 0 Å². The summed E-state index contributed by atoms with van der Waals surface area (Å²) in [5, 5.41) is 0. The molecule has 30 heavy (non-hydrogen) atoms. The van der Waals surface area contributed by atoms with Gasteiger partial charge in [-0.25, -0.2) is 0 Å². The van der Waals surface area contributed by atoms with Gasteiger partial charge in [0.1, 0.15) is 0 Å². The van der Waals surface area contributed by atoms with Crippen LogP contribution in [0.2, 0.25) is 18.6 Å². The quantitative estimate of drug-likeness (QED) is 0.293. The lowest BCUT2D eigenvalue weighted by molar-refractivity contribution is 0.0311. The van der Waals surface area contributed by atoms with Gasteiger partial charge in [-0.15, -0.1) is 0 Å². The molecule has 2 saturated heterocycles.